The van der Waals surface area contributed by atoms with Crippen LogP contribution in [0.1, 0.15) is 23.3 Å². The summed E-state index contributed by atoms with van der Waals surface area (Å²) in [5, 5.41) is 3.60. The molecule has 0 amide bonds. The van der Waals surface area contributed by atoms with Crippen LogP contribution in [0.4, 0.5) is 5.69 Å². The third-order valence-corrected chi connectivity index (χ3v) is 6.22. The molecule has 1 N–H and O–H groups in total. The summed E-state index contributed by atoms with van der Waals surface area (Å²) in [6, 6.07) is 32.5. The predicted molar refractivity (Wildman–Crippen MR) is 148 cm³/mol. The van der Waals surface area contributed by atoms with Gasteiger partial charge in [-0.1, -0.05) is 91.0 Å². The summed E-state index contributed by atoms with van der Waals surface area (Å²) in [4.78, 5) is 38.9. The molecule has 0 aliphatic rings. The number of ether oxygens (including phenoxy) is 2. The average Bonchev–Trinajstić information content (AvgIpc) is 2.99. The molecular weight excluding hydrogens is 494 g/mol. The summed E-state index contributed by atoms with van der Waals surface area (Å²) in [5.74, 6) is -0.935. The Morgan fingerprint density at radius 3 is 2.00 bits per heavy atom. The Hall–Kier alpha value is -5.17. The molecule has 2 atom stereocenters. The highest BCUT2D eigenvalue weighted by Gasteiger charge is 2.31. The Kier molecular flexibility index (Phi) is 7.50. The summed E-state index contributed by atoms with van der Waals surface area (Å²) in [5.41, 5.74) is 2.60. The van der Waals surface area contributed by atoms with E-state index in [-0.39, 0.29) is 5.43 Å². The van der Waals surface area contributed by atoms with Gasteiger partial charge in [0, 0.05) is 28.9 Å². The lowest BCUT2D eigenvalue weighted by Crippen LogP contribution is -2.28. The lowest BCUT2D eigenvalue weighted by molar-refractivity contribution is -0.167. The zero-order valence-corrected chi connectivity index (χ0v) is 21.1. The Labute approximate surface area is 224 Å². The van der Waals surface area contributed by atoms with Gasteiger partial charge in [-0.25, -0.2) is 9.59 Å². The second kappa shape index (κ2) is 11.5. The number of anilines is 1. The third kappa shape index (κ3) is 5.72. The summed E-state index contributed by atoms with van der Waals surface area (Å²) < 4.78 is 16.7. The Morgan fingerprint density at radius 1 is 0.744 bits per heavy atom. The van der Waals surface area contributed by atoms with Crippen LogP contribution in [0.3, 0.4) is 0 Å². The van der Waals surface area contributed by atoms with Crippen molar-refractivity contribution in [2.24, 2.45) is 0 Å². The summed E-state index contributed by atoms with van der Waals surface area (Å²) >= 11 is 0. The van der Waals surface area contributed by atoms with Gasteiger partial charge in [-0.2, -0.15) is 0 Å². The topological polar surface area (TPSA) is 94.8 Å². The molecule has 194 valence electrons. The van der Waals surface area contributed by atoms with Gasteiger partial charge >= 0.3 is 11.9 Å². The SMILES string of the molecule is COC(=O)[C@@H](OC(=O)[C@H](Nc1ccc2c(=O)cc(-c3ccccc3)oc2c1)c1ccccc1)c1ccccc1. The lowest BCUT2D eigenvalue weighted by atomic mass is 10.1. The van der Waals surface area contributed by atoms with E-state index >= 15 is 0 Å². The minimum Gasteiger partial charge on any atom is -0.466 e. The number of nitrogens with one attached hydrogen (secondary N) is 1. The van der Waals surface area contributed by atoms with Crippen molar-refractivity contribution in [2.75, 3.05) is 12.4 Å². The third-order valence-electron chi connectivity index (χ3n) is 6.22. The van der Waals surface area contributed by atoms with Crippen molar-refractivity contribution >= 4 is 28.6 Å². The summed E-state index contributed by atoms with van der Waals surface area (Å²) in [7, 11) is 1.24. The first-order valence-corrected chi connectivity index (χ1v) is 12.3. The number of carbonyl (C=O) groups is 2. The fourth-order valence-electron chi connectivity index (χ4n) is 4.25. The molecule has 0 spiro atoms. The molecule has 0 saturated carbocycles. The molecule has 1 heterocycles. The van der Waals surface area contributed by atoms with Crippen LogP contribution in [0.2, 0.25) is 0 Å². The van der Waals surface area contributed by atoms with E-state index < -0.39 is 24.1 Å². The molecule has 0 radical (unpaired) electrons. The molecule has 1 aromatic heterocycles. The van der Waals surface area contributed by atoms with Crippen molar-refractivity contribution in [3.05, 3.63) is 137 Å². The van der Waals surface area contributed by atoms with Crippen LogP contribution >= 0.6 is 0 Å². The summed E-state index contributed by atoms with van der Waals surface area (Å²) in [6.45, 7) is 0. The first-order chi connectivity index (χ1) is 19.0. The first-order valence-electron chi connectivity index (χ1n) is 12.3. The molecule has 0 unspecified atom stereocenters. The minimum atomic E-state index is -1.24. The number of hydrogen-bond acceptors (Lipinski definition) is 7. The van der Waals surface area contributed by atoms with Crippen molar-refractivity contribution in [3.8, 4) is 11.3 Å². The van der Waals surface area contributed by atoms with Crippen LogP contribution in [-0.2, 0) is 19.1 Å². The van der Waals surface area contributed by atoms with Crippen LogP contribution in [0.15, 0.2) is 124 Å². The molecule has 0 fully saturated rings. The largest absolute Gasteiger partial charge is 0.466 e. The molecule has 7 nitrogen and oxygen atoms in total. The van der Waals surface area contributed by atoms with Gasteiger partial charge in [0.2, 0.25) is 6.10 Å². The molecule has 5 rings (SSSR count). The standard InChI is InChI=1S/C32H25NO6/c1-37-32(36)30(23-15-9-4-10-16-23)39-31(35)29(22-13-7-3-8-14-22)33-24-17-18-25-26(34)20-27(38-28(25)19-24)21-11-5-2-6-12-21/h2-20,29-30,33H,1H3/t29-,30+/m1/s1. The monoisotopic (exact) mass is 519 g/mol. The van der Waals surface area contributed by atoms with E-state index in [2.05, 4.69) is 5.32 Å². The molecule has 0 aliphatic heterocycles. The van der Waals surface area contributed by atoms with Gasteiger partial charge in [0.1, 0.15) is 11.3 Å². The highest BCUT2D eigenvalue weighted by Crippen LogP contribution is 2.29. The van der Waals surface area contributed by atoms with Gasteiger partial charge in [0.15, 0.2) is 11.5 Å². The van der Waals surface area contributed by atoms with Crippen molar-refractivity contribution < 1.29 is 23.5 Å². The van der Waals surface area contributed by atoms with E-state index in [1.165, 1.54) is 13.2 Å². The maximum Gasteiger partial charge on any atom is 0.351 e. The number of hydrogen-bond donors (Lipinski definition) is 1. The predicted octanol–water partition coefficient (Wildman–Crippen LogP) is 6.07. The number of methoxy groups -OCH3 is 1. The highest BCUT2D eigenvalue weighted by molar-refractivity contribution is 5.87. The zero-order valence-electron chi connectivity index (χ0n) is 21.1. The fourth-order valence-corrected chi connectivity index (χ4v) is 4.25. The average molecular weight is 520 g/mol. The van der Waals surface area contributed by atoms with Gasteiger partial charge in [-0.3, -0.25) is 4.79 Å². The molecule has 7 heteroatoms. The van der Waals surface area contributed by atoms with Gasteiger partial charge in [-0.05, 0) is 17.7 Å². The first kappa shape index (κ1) is 25.5. The minimum absolute atomic E-state index is 0.176. The molecule has 0 aliphatic carbocycles. The Morgan fingerprint density at radius 2 is 1.36 bits per heavy atom. The number of fused-ring (bicyclic) bond motifs is 1. The van der Waals surface area contributed by atoms with Crippen LogP contribution in [0, 0.1) is 0 Å². The highest BCUT2D eigenvalue weighted by atomic mass is 16.6. The molecule has 0 saturated heterocycles. The van der Waals surface area contributed by atoms with Crippen LogP contribution in [0.25, 0.3) is 22.3 Å². The van der Waals surface area contributed by atoms with E-state index in [9.17, 15) is 14.4 Å². The number of esters is 2. The second-order valence-electron chi connectivity index (χ2n) is 8.79. The second-order valence-corrected chi connectivity index (χ2v) is 8.79. The van der Waals surface area contributed by atoms with Crippen molar-refractivity contribution in [1.82, 2.24) is 0 Å². The van der Waals surface area contributed by atoms with Crippen LogP contribution in [0.5, 0.6) is 0 Å². The van der Waals surface area contributed by atoms with Gasteiger partial charge < -0.3 is 19.2 Å². The van der Waals surface area contributed by atoms with Gasteiger partial charge in [0.05, 0.1) is 12.5 Å². The molecule has 4 aromatic carbocycles. The fraction of sp³-hybridized carbons (Fsp3) is 0.0938. The van der Waals surface area contributed by atoms with Crippen molar-refractivity contribution in [1.29, 1.82) is 0 Å². The zero-order chi connectivity index (χ0) is 27.2. The van der Waals surface area contributed by atoms with E-state index in [1.807, 2.05) is 36.4 Å². The molecule has 0 bridgehead atoms. The van der Waals surface area contributed by atoms with E-state index in [0.29, 0.717) is 33.5 Å². The van der Waals surface area contributed by atoms with Crippen LogP contribution in [-0.4, -0.2) is 19.0 Å². The van der Waals surface area contributed by atoms with E-state index in [1.54, 1.807) is 72.8 Å². The van der Waals surface area contributed by atoms with Crippen LogP contribution < -0.4 is 10.7 Å². The lowest BCUT2D eigenvalue weighted by Gasteiger charge is -2.23. The van der Waals surface area contributed by atoms with Crippen molar-refractivity contribution in [2.45, 2.75) is 12.1 Å². The van der Waals surface area contributed by atoms with E-state index in [4.69, 9.17) is 13.9 Å². The maximum absolute atomic E-state index is 13.5. The maximum atomic E-state index is 13.5. The smallest absolute Gasteiger partial charge is 0.351 e. The number of rotatable bonds is 8. The Bertz CT molecular complexity index is 1650. The number of benzene rings is 4. The molecule has 5 aromatic rings. The number of carbonyl (C=O) groups excluding carboxylic acids is 2. The van der Waals surface area contributed by atoms with Crippen molar-refractivity contribution in [3.63, 3.8) is 0 Å². The summed E-state index contributed by atoms with van der Waals surface area (Å²) in [6.07, 6.45) is -1.24. The Balaban J connectivity index is 1.49. The quantitative estimate of drug-likeness (QED) is 0.249. The normalized spacial score (nSPS) is 12.3. The van der Waals surface area contributed by atoms with Gasteiger partial charge in [0.25, 0.3) is 0 Å². The van der Waals surface area contributed by atoms with Gasteiger partial charge in [-0.15, -0.1) is 0 Å². The van der Waals surface area contributed by atoms with E-state index in [0.717, 1.165) is 5.56 Å². The molecular formula is C32H25NO6. The molecule has 39 heavy (non-hydrogen) atoms.